The summed E-state index contributed by atoms with van der Waals surface area (Å²) in [6.07, 6.45) is 15.0. The first-order valence-corrected chi connectivity index (χ1v) is 11.6. The molecule has 4 aliphatic rings. The molecular weight excluding hydrogens is 346 g/mol. The smallest absolute Gasteiger partial charge is 0.253 e. The molecule has 0 radical (unpaired) electrons. The van der Waals surface area contributed by atoms with Crippen molar-refractivity contribution in [2.45, 2.75) is 94.8 Å². The first-order valence-electron chi connectivity index (χ1n) is 11.6. The molecular formula is C24H35N3O. The van der Waals surface area contributed by atoms with Gasteiger partial charge in [-0.3, -0.25) is 9.69 Å². The molecule has 1 aromatic rings. The van der Waals surface area contributed by atoms with Crippen LogP contribution in [0.5, 0.6) is 0 Å². The number of anilines is 1. The first-order chi connectivity index (χ1) is 13.7. The summed E-state index contributed by atoms with van der Waals surface area (Å²) in [7, 11) is 0. The zero-order chi connectivity index (χ0) is 19.1. The molecule has 6 atom stereocenters. The molecule has 4 nitrogen and oxygen atoms in total. The molecule has 4 fully saturated rings. The lowest BCUT2D eigenvalue weighted by Crippen LogP contribution is -2.61. The third kappa shape index (κ3) is 3.56. The number of hydrogen-bond acceptors (Lipinski definition) is 3. The fraction of sp³-hybridized carbons (Fsp3) is 0.708. The molecule has 4 bridgehead atoms. The van der Waals surface area contributed by atoms with Crippen LogP contribution in [0, 0.1) is 11.8 Å². The van der Waals surface area contributed by atoms with Crippen LogP contribution in [0.2, 0.25) is 0 Å². The molecule has 28 heavy (non-hydrogen) atoms. The number of benzene rings is 1. The minimum atomic E-state index is 0.00169. The van der Waals surface area contributed by atoms with Crippen LogP contribution in [0.3, 0.4) is 0 Å². The van der Waals surface area contributed by atoms with Crippen LogP contribution >= 0.6 is 0 Å². The highest BCUT2D eigenvalue weighted by atomic mass is 16.1. The minimum absolute atomic E-state index is 0.00169. The second-order valence-corrected chi connectivity index (χ2v) is 9.94. The van der Waals surface area contributed by atoms with Crippen molar-refractivity contribution >= 4 is 11.6 Å². The van der Waals surface area contributed by atoms with Gasteiger partial charge in [0.1, 0.15) is 0 Å². The zero-order valence-corrected chi connectivity index (χ0v) is 17.0. The van der Waals surface area contributed by atoms with Gasteiger partial charge in [-0.05, 0) is 68.9 Å². The molecule has 2 saturated carbocycles. The van der Waals surface area contributed by atoms with Crippen LogP contribution in [0.1, 0.15) is 81.0 Å². The Bertz CT molecular complexity index is 694. The average molecular weight is 382 g/mol. The highest BCUT2D eigenvalue weighted by Crippen LogP contribution is 2.45. The van der Waals surface area contributed by atoms with Gasteiger partial charge >= 0.3 is 0 Å². The van der Waals surface area contributed by atoms with E-state index in [1.165, 1.54) is 57.8 Å². The number of carbonyl (C=O) groups is 1. The molecule has 0 aromatic heterocycles. The Morgan fingerprint density at radius 3 is 2.18 bits per heavy atom. The van der Waals surface area contributed by atoms with Crippen molar-refractivity contribution in [2.24, 2.45) is 11.8 Å². The number of hydrogen-bond donors (Lipinski definition) is 2. The number of para-hydroxylation sites is 1. The van der Waals surface area contributed by atoms with Crippen LogP contribution in [0.25, 0.3) is 0 Å². The molecule has 152 valence electrons. The maximum Gasteiger partial charge on any atom is 0.253 e. The van der Waals surface area contributed by atoms with Gasteiger partial charge in [-0.1, -0.05) is 37.8 Å². The number of carbonyl (C=O) groups excluding carboxylic acids is 1. The number of piperidine rings is 2. The lowest BCUT2D eigenvalue weighted by atomic mass is 9.68. The molecule has 0 spiro atoms. The van der Waals surface area contributed by atoms with Crippen LogP contribution in [-0.2, 0) is 0 Å². The van der Waals surface area contributed by atoms with Gasteiger partial charge < -0.3 is 11.1 Å². The minimum Gasteiger partial charge on any atom is -0.398 e. The topological polar surface area (TPSA) is 58.4 Å². The molecule has 1 aromatic carbocycles. The van der Waals surface area contributed by atoms with Gasteiger partial charge in [-0.2, -0.15) is 0 Å². The quantitative estimate of drug-likeness (QED) is 0.765. The van der Waals surface area contributed by atoms with Crippen LogP contribution in [0.4, 0.5) is 5.69 Å². The van der Waals surface area contributed by atoms with Crippen molar-refractivity contribution in [1.82, 2.24) is 10.2 Å². The van der Waals surface area contributed by atoms with Crippen molar-refractivity contribution in [3.05, 3.63) is 29.8 Å². The summed E-state index contributed by atoms with van der Waals surface area (Å²) in [5, 5.41) is 3.32. The Morgan fingerprint density at radius 2 is 1.50 bits per heavy atom. The number of amides is 1. The molecule has 2 saturated heterocycles. The van der Waals surface area contributed by atoms with E-state index in [1.807, 2.05) is 24.3 Å². The summed E-state index contributed by atoms with van der Waals surface area (Å²) >= 11 is 0. The van der Waals surface area contributed by atoms with Gasteiger partial charge in [-0.25, -0.2) is 0 Å². The van der Waals surface area contributed by atoms with E-state index in [9.17, 15) is 4.79 Å². The Balaban J connectivity index is 1.26. The summed E-state index contributed by atoms with van der Waals surface area (Å²) in [6, 6.07) is 9.84. The van der Waals surface area contributed by atoms with Crippen molar-refractivity contribution in [1.29, 1.82) is 0 Å². The highest BCUT2D eigenvalue weighted by molar-refractivity contribution is 5.99. The SMILES string of the molecule is Nc1ccccc1C(=O)NC1C[C@H]2CCC[C@@H](C1)N2C1C[C@H]2CCC[C@@H](C1)C2. The molecule has 2 heterocycles. The summed E-state index contributed by atoms with van der Waals surface area (Å²) in [5.74, 6) is 1.97. The third-order valence-electron chi connectivity index (χ3n) is 8.10. The van der Waals surface area contributed by atoms with Crippen molar-refractivity contribution in [3.8, 4) is 0 Å². The number of fused-ring (bicyclic) bond motifs is 4. The van der Waals surface area contributed by atoms with E-state index in [2.05, 4.69) is 10.2 Å². The number of nitrogen functional groups attached to an aromatic ring is 1. The van der Waals surface area contributed by atoms with E-state index in [0.29, 0.717) is 29.4 Å². The van der Waals surface area contributed by atoms with Crippen molar-refractivity contribution in [2.75, 3.05) is 5.73 Å². The van der Waals surface area contributed by atoms with Gasteiger partial charge in [0.2, 0.25) is 0 Å². The fourth-order valence-corrected chi connectivity index (χ4v) is 7.04. The second kappa shape index (κ2) is 7.70. The fourth-order valence-electron chi connectivity index (χ4n) is 7.04. The Hall–Kier alpha value is -1.55. The van der Waals surface area contributed by atoms with Gasteiger partial charge in [-0.15, -0.1) is 0 Å². The maximum absolute atomic E-state index is 12.8. The molecule has 5 rings (SSSR count). The number of nitrogens with one attached hydrogen (secondary N) is 1. The third-order valence-corrected chi connectivity index (χ3v) is 8.10. The predicted octanol–water partition coefficient (Wildman–Crippen LogP) is 4.35. The van der Waals surface area contributed by atoms with E-state index >= 15 is 0 Å². The van der Waals surface area contributed by atoms with Crippen molar-refractivity contribution < 1.29 is 4.79 Å². The van der Waals surface area contributed by atoms with Crippen molar-refractivity contribution in [3.63, 3.8) is 0 Å². The largest absolute Gasteiger partial charge is 0.398 e. The second-order valence-electron chi connectivity index (χ2n) is 9.94. The number of rotatable bonds is 3. The van der Waals surface area contributed by atoms with Gasteiger partial charge in [0.15, 0.2) is 0 Å². The molecule has 2 aliphatic heterocycles. The molecule has 1 amide bonds. The van der Waals surface area contributed by atoms with Gasteiger partial charge in [0, 0.05) is 29.9 Å². The van der Waals surface area contributed by atoms with Gasteiger partial charge in [0.25, 0.3) is 5.91 Å². The molecule has 2 aliphatic carbocycles. The maximum atomic E-state index is 12.8. The Morgan fingerprint density at radius 1 is 0.857 bits per heavy atom. The lowest BCUT2D eigenvalue weighted by Gasteiger charge is -2.55. The highest BCUT2D eigenvalue weighted by Gasteiger charge is 2.44. The standard InChI is InChI=1S/C24H35N3O/c25-23-10-2-1-9-22(23)24(28)26-18-14-19-7-4-8-20(15-18)27(19)21-12-16-5-3-6-17(11-16)13-21/h1-2,9-10,16-21H,3-8,11-15,25H2,(H,26,28)/t16-,17+,18?,19-,20+,21?. The van der Waals surface area contributed by atoms with E-state index in [4.69, 9.17) is 5.73 Å². The summed E-state index contributed by atoms with van der Waals surface area (Å²) in [4.78, 5) is 15.7. The monoisotopic (exact) mass is 381 g/mol. The van der Waals surface area contributed by atoms with Crippen LogP contribution < -0.4 is 11.1 Å². The number of nitrogens with two attached hydrogens (primary N) is 1. The van der Waals surface area contributed by atoms with Crippen LogP contribution in [-0.4, -0.2) is 35.0 Å². The summed E-state index contributed by atoms with van der Waals surface area (Å²) in [6.45, 7) is 0. The lowest BCUT2D eigenvalue weighted by molar-refractivity contribution is -0.0431. The van der Waals surface area contributed by atoms with E-state index < -0.39 is 0 Å². The summed E-state index contributed by atoms with van der Waals surface area (Å²) in [5.41, 5.74) is 7.21. The van der Waals surface area contributed by atoms with E-state index in [1.54, 1.807) is 0 Å². The Kier molecular flexibility index (Phi) is 5.08. The average Bonchev–Trinajstić information content (AvgIpc) is 2.67. The molecule has 4 heteroatoms. The molecule has 2 unspecified atom stereocenters. The Labute approximate surface area is 169 Å². The summed E-state index contributed by atoms with van der Waals surface area (Å²) < 4.78 is 0. The van der Waals surface area contributed by atoms with Gasteiger partial charge in [0.05, 0.1) is 5.56 Å². The van der Waals surface area contributed by atoms with E-state index in [-0.39, 0.29) is 5.91 Å². The van der Waals surface area contributed by atoms with Crippen LogP contribution in [0.15, 0.2) is 24.3 Å². The molecule has 3 N–H and O–H groups in total. The van der Waals surface area contributed by atoms with E-state index in [0.717, 1.165) is 30.7 Å². The normalized spacial score (nSPS) is 38.0. The zero-order valence-electron chi connectivity index (χ0n) is 17.0. The predicted molar refractivity (Wildman–Crippen MR) is 113 cm³/mol. The first kappa shape index (κ1) is 18.5. The number of nitrogens with zero attached hydrogens (tertiary/aromatic N) is 1.